The molecule has 5 heteroatoms. The van der Waals surface area contributed by atoms with E-state index < -0.39 is 5.97 Å². The first-order chi connectivity index (χ1) is 6.56. The van der Waals surface area contributed by atoms with Crippen molar-refractivity contribution in [2.45, 2.75) is 13.3 Å². The number of carboxylic acids is 1. The van der Waals surface area contributed by atoms with Gasteiger partial charge in [0.25, 0.3) is 0 Å². The molecule has 0 saturated carbocycles. The number of piperidine rings is 1. The Balaban J connectivity index is 2.55. The Kier molecular flexibility index (Phi) is 3.33. The predicted octanol–water partition coefficient (Wildman–Crippen LogP) is 0.368. The van der Waals surface area contributed by atoms with Crippen LogP contribution in [0.1, 0.15) is 13.3 Å². The van der Waals surface area contributed by atoms with E-state index in [0.717, 1.165) is 0 Å². The Labute approximate surface area is 83.1 Å². The summed E-state index contributed by atoms with van der Waals surface area (Å²) in [4.78, 5) is 23.7. The lowest BCUT2D eigenvalue weighted by Gasteiger charge is -2.34. The molecule has 0 aliphatic carbocycles. The third-order valence-electron chi connectivity index (χ3n) is 2.72. The van der Waals surface area contributed by atoms with Crippen molar-refractivity contribution >= 4 is 12.0 Å². The maximum atomic E-state index is 11.3. The van der Waals surface area contributed by atoms with Crippen molar-refractivity contribution in [3.63, 3.8) is 0 Å². The van der Waals surface area contributed by atoms with Crippen LogP contribution in [0.5, 0.6) is 0 Å². The number of aliphatic carboxylic acids is 1. The van der Waals surface area contributed by atoms with E-state index in [0.29, 0.717) is 19.5 Å². The minimum atomic E-state index is -0.756. The summed E-state index contributed by atoms with van der Waals surface area (Å²) in [6.07, 6.45) is 0.546. The molecule has 0 spiro atoms. The lowest BCUT2D eigenvalue weighted by atomic mass is 9.87. The van der Waals surface area contributed by atoms with Crippen molar-refractivity contribution in [2.75, 3.05) is 20.1 Å². The summed E-state index contributed by atoms with van der Waals surface area (Å²) in [7, 11) is 1.58. The fraction of sp³-hybridized carbons (Fsp3) is 0.778. The molecule has 1 heterocycles. The largest absolute Gasteiger partial charge is 0.481 e. The van der Waals surface area contributed by atoms with Gasteiger partial charge in [-0.2, -0.15) is 0 Å². The van der Waals surface area contributed by atoms with E-state index in [-0.39, 0.29) is 17.9 Å². The van der Waals surface area contributed by atoms with Crippen LogP contribution in [0.4, 0.5) is 4.79 Å². The SMILES string of the molecule is CNC(=O)N1CCC(C(=O)O)C(C)C1. The highest BCUT2D eigenvalue weighted by Crippen LogP contribution is 2.23. The molecule has 2 amide bonds. The molecule has 0 aromatic rings. The highest BCUT2D eigenvalue weighted by atomic mass is 16.4. The minimum absolute atomic E-state index is 0.0264. The lowest BCUT2D eigenvalue weighted by Crippen LogP contribution is -2.48. The number of amides is 2. The van der Waals surface area contributed by atoms with Crippen LogP contribution in [0.2, 0.25) is 0 Å². The molecule has 5 nitrogen and oxygen atoms in total. The van der Waals surface area contributed by atoms with Crippen molar-refractivity contribution in [3.05, 3.63) is 0 Å². The molecular formula is C9H16N2O3. The van der Waals surface area contributed by atoms with E-state index >= 15 is 0 Å². The first-order valence-electron chi connectivity index (χ1n) is 4.75. The van der Waals surface area contributed by atoms with Crippen molar-refractivity contribution < 1.29 is 14.7 Å². The molecule has 0 aromatic carbocycles. The maximum Gasteiger partial charge on any atom is 0.317 e. The molecule has 1 fully saturated rings. The van der Waals surface area contributed by atoms with E-state index in [1.807, 2.05) is 6.92 Å². The average molecular weight is 200 g/mol. The van der Waals surface area contributed by atoms with Crippen LogP contribution in [-0.4, -0.2) is 42.1 Å². The minimum Gasteiger partial charge on any atom is -0.481 e. The van der Waals surface area contributed by atoms with Gasteiger partial charge in [-0.3, -0.25) is 4.79 Å². The van der Waals surface area contributed by atoms with Crippen LogP contribution >= 0.6 is 0 Å². The molecule has 2 N–H and O–H groups in total. The van der Waals surface area contributed by atoms with E-state index in [4.69, 9.17) is 5.11 Å². The third kappa shape index (κ3) is 2.16. The van der Waals surface area contributed by atoms with Crippen LogP contribution in [0.15, 0.2) is 0 Å². The molecule has 1 rings (SSSR count). The second-order valence-electron chi connectivity index (χ2n) is 3.71. The van der Waals surface area contributed by atoms with Crippen molar-refractivity contribution in [1.82, 2.24) is 10.2 Å². The second kappa shape index (κ2) is 4.30. The average Bonchev–Trinajstić information content (AvgIpc) is 2.15. The molecule has 1 aliphatic heterocycles. The van der Waals surface area contributed by atoms with Crippen molar-refractivity contribution in [3.8, 4) is 0 Å². The zero-order chi connectivity index (χ0) is 10.7. The molecule has 2 atom stereocenters. The maximum absolute atomic E-state index is 11.3. The number of carbonyl (C=O) groups excluding carboxylic acids is 1. The Morgan fingerprint density at radius 1 is 1.50 bits per heavy atom. The van der Waals surface area contributed by atoms with Gasteiger partial charge in [0, 0.05) is 20.1 Å². The summed E-state index contributed by atoms with van der Waals surface area (Å²) in [5.74, 6) is -1.04. The predicted molar refractivity (Wildman–Crippen MR) is 50.9 cm³/mol. The molecule has 0 bridgehead atoms. The Morgan fingerprint density at radius 3 is 2.57 bits per heavy atom. The monoisotopic (exact) mass is 200 g/mol. The smallest absolute Gasteiger partial charge is 0.317 e. The number of nitrogens with one attached hydrogen (secondary N) is 1. The number of hydrogen-bond donors (Lipinski definition) is 2. The van der Waals surface area contributed by atoms with Crippen LogP contribution in [0.25, 0.3) is 0 Å². The number of hydrogen-bond acceptors (Lipinski definition) is 2. The summed E-state index contributed by atoms with van der Waals surface area (Å²) >= 11 is 0. The van der Waals surface area contributed by atoms with Crippen LogP contribution in [0.3, 0.4) is 0 Å². The summed E-state index contributed by atoms with van der Waals surface area (Å²) < 4.78 is 0. The van der Waals surface area contributed by atoms with Crippen LogP contribution < -0.4 is 5.32 Å². The van der Waals surface area contributed by atoms with Gasteiger partial charge < -0.3 is 15.3 Å². The topological polar surface area (TPSA) is 69.6 Å². The van der Waals surface area contributed by atoms with Crippen LogP contribution in [-0.2, 0) is 4.79 Å². The van der Waals surface area contributed by atoms with Gasteiger partial charge in [0.05, 0.1) is 5.92 Å². The molecule has 2 unspecified atom stereocenters. The summed E-state index contributed by atoms with van der Waals surface area (Å²) in [6, 6.07) is -0.124. The Bertz CT molecular complexity index is 242. The number of nitrogens with zero attached hydrogens (tertiary/aromatic N) is 1. The highest BCUT2D eigenvalue weighted by molar-refractivity contribution is 5.75. The quantitative estimate of drug-likeness (QED) is 0.642. The number of rotatable bonds is 1. The van der Waals surface area contributed by atoms with Crippen LogP contribution in [0, 0.1) is 11.8 Å². The van der Waals surface area contributed by atoms with Crippen molar-refractivity contribution in [2.24, 2.45) is 11.8 Å². The third-order valence-corrected chi connectivity index (χ3v) is 2.72. The molecule has 1 aliphatic rings. The summed E-state index contributed by atoms with van der Waals surface area (Å²) in [5, 5.41) is 11.4. The zero-order valence-corrected chi connectivity index (χ0v) is 8.49. The molecule has 1 saturated heterocycles. The molecule has 80 valence electrons. The van der Waals surface area contributed by atoms with Gasteiger partial charge in [-0.15, -0.1) is 0 Å². The van der Waals surface area contributed by atoms with Gasteiger partial charge in [0.15, 0.2) is 0 Å². The first kappa shape index (κ1) is 10.8. The van der Waals surface area contributed by atoms with E-state index in [1.165, 1.54) is 0 Å². The zero-order valence-electron chi connectivity index (χ0n) is 8.49. The molecule has 14 heavy (non-hydrogen) atoms. The number of carboxylic acid groups (broad SMARTS) is 1. The van der Waals surface area contributed by atoms with Gasteiger partial charge in [0.1, 0.15) is 0 Å². The fourth-order valence-corrected chi connectivity index (χ4v) is 1.86. The molecule has 0 radical (unpaired) electrons. The molecular weight excluding hydrogens is 184 g/mol. The summed E-state index contributed by atoms with van der Waals surface area (Å²) in [5.41, 5.74) is 0. The van der Waals surface area contributed by atoms with Gasteiger partial charge >= 0.3 is 12.0 Å². The molecule has 0 aromatic heterocycles. The Morgan fingerprint density at radius 2 is 2.14 bits per heavy atom. The van der Waals surface area contributed by atoms with E-state index in [9.17, 15) is 9.59 Å². The normalized spacial score (nSPS) is 27.1. The summed E-state index contributed by atoms with van der Waals surface area (Å²) in [6.45, 7) is 2.92. The fourth-order valence-electron chi connectivity index (χ4n) is 1.86. The van der Waals surface area contributed by atoms with Gasteiger partial charge in [-0.25, -0.2) is 4.79 Å². The van der Waals surface area contributed by atoms with E-state index in [1.54, 1.807) is 11.9 Å². The van der Waals surface area contributed by atoms with Crippen molar-refractivity contribution in [1.29, 1.82) is 0 Å². The van der Waals surface area contributed by atoms with Gasteiger partial charge in [0.2, 0.25) is 0 Å². The van der Waals surface area contributed by atoms with E-state index in [2.05, 4.69) is 5.32 Å². The lowest BCUT2D eigenvalue weighted by molar-refractivity contribution is -0.145. The van der Waals surface area contributed by atoms with Gasteiger partial charge in [-0.1, -0.05) is 6.92 Å². The van der Waals surface area contributed by atoms with Gasteiger partial charge in [-0.05, 0) is 12.3 Å². The number of urea groups is 1. The second-order valence-corrected chi connectivity index (χ2v) is 3.71. The Hall–Kier alpha value is -1.26. The number of carbonyl (C=O) groups is 2. The highest BCUT2D eigenvalue weighted by Gasteiger charge is 2.32. The first-order valence-corrected chi connectivity index (χ1v) is 4.75. The number of likely N-dealkylation sites (tertiary alicyclic amines) is 1. The standard InChI is InChI=1S/C9H16N2O3/c1-6-5-11(9(14)10-2)4-3-7(6)8(12)13/h6-7H,3-5H2,1-2H3,(H,10,14)(H,12,13).